The fourth-order valence-corrected chi connectivity index (χ4v) is 1.24. The number of hydrogen-bond acceptors (Lipinski definition) is 3. The molecule has 3 nitrogen and oxygen atoms in total. The molecule has 0 saturated carbocycles. The molecule has 11 heavy (non-hydrogen) atoms. The van der Waals surface area contributed by atoms with Crippen molar-refractivity contribution < 1.29 is 0 Å². The van der Waals surface area contributed by atoms with Gasteiger partial charge in [-0.15, -0.1) is 0 Å². The molecule has 0 amide bonds. The lowest BCUT2D eigenvalue weighted by Crippen LogP contribution is -2.27. The lowest BCUT2D eigenvalue weighted by Gasteiger charge is -2.12. The van der Waals surface area contributed by atoms with Gasteiger partial charge in [-0.2, -0.15) is 0 Å². The highest BCUT2D eigenvalue weighted by Gasteiger charge is 2.13. The molecule has 0 aliphatic carbocycles. The van der Waals surface area contributed by atoms with Gasteiger partial charge in [0.2, 0.25) is 0 Å². The zero-order valence-corrected chi connectivity index (χ0v) is 6.25. The minimum Gasteiger partial charge on any atom is -0.384 e. The third-order valence-corrected chi connectivity index (χ3v) is 1.80. The first-order chi connectivity index (χ1) is 5.47. The molecule has 0 spiro atoms. The standard InChI is InChI=1S/C8H11N3/c1-2-7(10-3-1)8-6-9-4-5-11-8/h1-2,5-7,9-10H,3-4H2. The van der Waals surface area contributed by atoms with Gasteiger partial charge in [0.25, 0.3) is 0 Å². The van der Waals surface area contributed by atoms with E-state index in [1.54, 1.807) is 0 Å². The van der Waals surface area contributed by atoms with E-state index >= 15 is 0 Å². The van der Waals surface area contributed by atoms with Crippen LogP contribution < -0.4 is 10.6 Å². The van der Waals surface area contributed by atoms with Crippen molar-refractivity contribution in [3.8, 4) is 0 Å². The normalized spacial score (nSPS) is 28.4. The lowest BCUT2D eigenvalue weighted by molar-refractivity contribution is 0.727. The van der Waals surface area contributed by atoms with Crippen LogP contribution in [0.25, 0.3) is 0 Å². The molecular formula is C8H11N3. The molecule has 58 valence electrons. The highest BCUT2D eigenvalue weighted by molar-refractivity contribution is 5.63. The summed E-state index contributed by atoms with van der Waals surface area (Å²) in [4.78, 5) is 4.27. The molecular weight excluding hydrogens is 138 g/mol. The predicted octanol–water partition coefficient (Wildman–Crippen LogP) is 0.0298. The monoisotopic (exact) mass is 149 g/mol. The molecule has 2 heterocycles. The maximum Gasteiger partial charge on any atom is 0.0765 e. The Bertz CT molecular complexity index is 227. The Kier molecular flexibility index (Phi) is 1.73. The Balaban J connectivity index is 2.08. The van der Waals surface area contributed by atoms with Crippen molar-refractivity contribution in [1.82, 2.24) is 10.6 Å². The summed E-state index contributed by atoms with van der Waals surface area (Å²) in [7, 11) is 0. The Morgan fingerprint density at radius 2 is 2.45 bits per heavy atom. The van der Waals surface area contributed by atoms with E-state index in [9.17, 15) is 0 Å². The van der Waals surface area contributed by atoms with Crippen LogP contribution in [0.4, 0.5) is 0 Å². The van der Waals surface area contributed by atoms with Crippen molar-refractivity contribution in [2.45, 2.75) is 6.04 Å². The van der Waals surface area contributed by atoms with Crippen molar-refractivity contribution in [3.63, 3.8) is 0 Å². The molecule has 0 radical (unpaired) electrons. The molecule has 0 saturated heterocycles. The van der Waals surface area contributed by atoms with Crippen LogP contribution in [-0.2, 0) is 0 Å². The molecule has 0 aromatic rings. The van der Waals surface area contributed by atoms with Gasteiger partial charge in [-0.05, 0) is 0 Å². The number of nitrogens with zero attached hydrogens (tertiary/aromatic N) is 1. The second-order valence-corrected chi connectivity index (χ2v) is 2.60. The summed E-state index contributed by atoms with van der Waals surface area (Å²) in [6.45, 7) is 1.80. The predicted molar refractivity (Wildman–Crippen MR) is 45.5 cm³/mol. The average Bonchev–Trinajstić information content (AvgIpc) is 2.58. The molecule has 0 aromatic heterocycles. The summed E-state index contributed by atoms with van der Waals surface area (Å²) in [6.07, 6.45) is 8.11. The van der Waals surface area contributed by atoms with E-state index in [2.05, 4.69) is 27.8 Å². The highest BCUT2D eigenvalue weighted by Crippen LogP contribution is 2.09. The third kappa shape index (κ3) is 1.33. The van der Waals surface area contributed by atoms with Crippen LogP contribution in [-0.4, -0.2) is 25.3 Å². The van der Waals surface area contributed by atoms with E-state index in [-0.39, 0.29) is 0 Å². The molecule has 0 bridgehead atoms. The van der Waals surface area contributed by atoms with Gasteiger partial charge in [-0.25, -0.2) is 0 Å². The van der Waals surface area contributed by atoms with E-state index in [0.29, 0.717) is 6.04 Å². The van der Waals surface area contributed by atoms with Gasteiger partial charge in [-0.1, -0.05) is 12.2 Å². The van der Waals surface area contributed by atoms with Crippen molar-refractivity contribution in [3.05, 3.63) is 24.0 Å². The zero-order chi connectivity index (χ0) is 7.52. The van der Waals surface area contributed by atoms with Crippen LogP contribution in [0.1, 0.15) is 0 Å². The molecule has 2 rings (SSSR count). The van der Waals surface area contributed by atoms with Gasteiger partial charge < -0.3 is 10.6 Å². The first kappa shape index (κ1) is 6.61. The largest absolute Gasteiger partial charge is 0.384 e. The van der Waals surface area contributed by atoms with Gasteiger partial charge >= 0.3 is 0 Å². The lowest BCUT2D eigenvalue weighted by atomic mass is 10.2. The summed E-state index contributed by atoms with van der Waals surface area (Å²) < 4.78 is 0. The molecule has 0 aromatic carbocycles. The summed E-state index contributed by atoms with van der Waals surface area (Å²) in [5.74, 6) is 0. The van der Waals surface area contributed by atoms with Crippen LogP contribution in [0.2, 0.25) is 0 Å². The summed E-state index contributed by atoms with van der Waals surface area (Å²) in [6, 6.07) is 0.319. The number of nitrogens with one attached hydrogen (secondary N) is 2. The second-order valence-electron chi connectivity index (χ2n) is 2.60. The first-order valence-corrected chi connectivity index (χ1v) is 3.83. The molecule has 1 atom stereocenters. The summed E-state index contributed by atoms with van der Waals surface area (Å²) in [5.41, 5.74) is 1.07. The molecule has 3 heteroatoms. The SMILES string of the molecule is C1=CC(C2=CNCC=N2)NC1. The van der Waals surface area contributed by atoms with Crippen LogP contribution >= 0.6 is 0 Å². The third-order valence-electron chi connectivity index (χ3n) is 1.80. The number of rotatable bonds is 1. The van der Waals surface area contributed by atoms with Crippen LogP contribution in [0.5, 0.6) is 0 Å². The van der Waals surface area contributed by atoms with Crippen LogP contribution in [0.3, 0.4) is 0 Å². The van der Waals surface area contributed by atoms with Gasteiger partial charge in [0.1, 0.15) is 0 Å². The van der Waals surface area contributed by atoms with Crippen molar-refractivity contribution in [2.75, 3.05) is 13.1 Å². The topological polar surface area (TPSA) is 36.4 Å². The van der Waals surface area contributed by atoms with Gasteiger partial charge in [0, 0.05) is 25.5 Å². The van der Waals surface area contributed by atoms with Crippen LogP contribution in [0, 0.1) is 0 Å². The molecule has 2 aliphatic rings. The quantitative estimate of drug-likeness (QED) is 0.516. The average molecular weight is 149 g/mol. The van der Waals surface area contributed by atoms with Gasteiger partial charge in [-0.3, -0.25) is 4.99 Å². The van der Waals surface area contributed by atoms with Crippen molar-refractivity contribution >= 4 is 6.21 Å². The molecule has 2 aliphatic heterocycles. The first-order valence-electron chi connectivity index (χ1n) is 3.83. The Labute approximate surface area is 65.9 Å². The maximum absolute atomic E-state index is 4.27. The second kappa shape index (κ2) is 2.88. The Morgan fingerprint density at radius 1 is 1.45 bits per heavy atom. The van der Waals surface area contributed by atoms with E-state index in [1.165, 1.54) is 0 Å². The number of hydrogen-bond donors (Lipinski definition) is 2. The smallest absolute Gasteiger partial charge is 0.0765 e. The highest BCUT2D eigenvalue weighted by atomic mass is 15.0. The Hall–Kier alpha value is -1.09. The Morgan fingerprint density at radius 3 is 3.09 bits per heavy atom. The zero-order valence-electron chi connectivity index (χ0n) is 6.25. The fourth-order valence-electron chi connectivity index (χ4n) is 1.24. The molecule has 2 N–H and O–H groups in total. The van der Waals surface area contributed by atoms with Crippen LogP contribution in [0.15, 0.2) is 29.0 Å². The van der Waals surface area contributed by atoms with E-state index in [0.717, 1.165) is 18.8 Å². The van der Waals surface area contributed by atoms with Crippen molar-refractivity contribution in [1.29, 1.82) is 0 Å². The fraction of sp³-hybridized carbons (Fsp3) is 0.375. The minimum absolute atomic E-state index is 0.319. The minimum atomic E-state index is 0.319. The van der Waals surface area contributed by atoms with Gasteiger partial charge in [0.05, 0.1) is 11.7 Å². The molecule has 1 unspecified atom stereocenters. The summed E-state index contributed by atoms with van der Waals surface area (Å²) >= 11 is 0. The maximum atomic E-state index is 4.27. The number of aliphatic imine (C=N–C) groups is 1. The molecule has 0 fully saturated rings. The van der Waals surface area contributed by atoms with Gasteiger partial charge in [0.15, 0.2) is 0 Å². The van der Waals surface area contributed by atoms with E-state index in [1.807, 2.05) is 12.4 Å². The van der Waals surface area contributed by atoms with E-state index < -0.39 is 0 Å². The van der Waals surface area contributed by atoms with Crippen molar-refractivity contribution in [2.24, 2.45) is 4.99 Å². The van der Waals surface area contributed by atoms with E-state index in [4.69, 9.17) is 0 Å². The summed E-state index contributed by atoms with van der Waals surface area (Å²) in [5, 5.41) is 6.42.